The highest BCUT2D eigenvalue weighted by molar-refractivity contribution is 6.38. The second-order valence-electron chi connectivity index (χ2n) is 5.29. The van der Waals surface area contributed by atoms with Gasteiger partial charge in [-0.15, -0.1) is 0 Å². The van der Waals surface area contributed by atoms with Crippen LogP contribution in [0.3, 0.4) is 0 Å². The van der Waals surface area contributed by atoms with Crippen LogP contribution in [0.15, 0.2) is 42.5 Å². The number of methoxy groups -OCH3 is 1. The predicted octanol–water partition coefficient (Wildman–Crippen LogP) is 3.75. The number of nitrogens with zero attached hydrogens (tertiary/aromatic N) is 1. The Balaban J connectivity index is 1.80. The van der Waals surface area contributed by atoms with Crippen LogP contribution in [0.4, 0.5) is 11.4 Å². The lowest BCUT2D eigenvalue weighted by Gasteiger charge is -2.17. The molecule has 2 aromatic rings. The standard InChI is InChI=1S/C17H14Cl2N2O3/c1-24-12-5-3-11(4-6-12)20-14-9-16(22)21(17(14)23)15-7-2-10(18)8-13(15)19/h2-8,14,20H,9H2,1H3. The van der Waals surface area contributed by atoms with Crippen LogP contribution in [-0.4, -0.2) is 25.0 Å². The zero-order valence-electron chi connectivity index (χ0n) is 12.8. The lowest BCUT2D eigenvalue weighted by Crippen LogP contribution is -2.35. The van der Waals surface area contributed by atoms with Crippen molar-refractivity contribution in [2.24, 2.45) is 0 Å². The van der Waals surface area contributed by atoms with Gasteiger partial charge in [-0.05, 0) is 42.5 Å². The Morgan fingerprint density at radius 2 is 1.83 bits per heavy atom. The molecule has 7 heteroatoms. The Morgan fingerprint density at radius 3 is 2.46 bits per heavy atom. The van der Waals surface area contributed by atoms with E-state index in [1.807, 2.05) is 0 Å². The summed E-state index contributed by atoms with van der Waals surface area (Å²) >= 11 is 12.0. The Kier molecular flexibility index (Phi) is 4.64. The summed E-state index contributed by atoms with van der Waals surface area (Å²) in [6.07, 6.45) is 0.0593. The molecular weight excluding hydrogens is 351 g/mol. The summed E-state index contributed by atoms with van der Waals surface area (Å²) in [5, 5.41) is 3.77. The maximum atomic E-state index is 12.6. The number of halogens is 2. The predicted molar refractivity (Wildman–Crippen MR) is 94.0 cm³/mol. The van der Waals surface area contributed by atoms with E-state index in [4.69, 9.17) is 27.9 Å². The second-order valence-corrected chi connectivity index (χ2v) is 6.14. The number of benzene rings is 2. The molecule has 1 unspecified atom stereocenters. The fraction of sp³-hybridized carbons (Fsp3) is 0.176. The quantitative estimate of drug-likeness (QED) is 0.839. The second kappa shape index (κ2) is 6.71. The van der Waals surface area contributed by atoms with E-state index in [0.717, 1.165) is 10.6 Å². The van der Waals surface area contributed by atoms with Crippen molar-refractivity contribution in [3.05, 3.63) is 52.5 Å². The van der Waals surface area contributed by atoms with Crippen molar-refractivity contribution in [2.45, 2.75) is 12.5 Å². The number of amides is 2. The average molecular weight is 365 g/mol. The molecule has 0 aromatic heterocycles. The van der Waals surface area contributed by atoms with Crippen LogP contribution in [0.2, 0.25) is 10.0 Å². The number of carbonyl (C=O) groups is 2. The van der Waals surface area contributed by atoms with E-state index in [2.05, 4.69) is 5.32 Å². The first-order chi connectivity index (χ1) is 11.5. The topological polar surface area (TPSA) is 58.6 Å². The Labute approximate surface area is 149 Å². The zero-order chi connectivity index (χ0) is 17.3. The molecule has 0 radical (unpaired) electrons. The van der Waals surface area contributed by atoms with E-state index in [1.54, 1.807) is 43.5 Å². The van der Waals surface area contributed by atoms with Crippen LogP contribution >= 0.6 is 23.2 Å². The fourth-order valence-corrected chi connectivity index (χ4v) is 3.04. The highest BCUT2D eigenvalue weighted by Crippen LogP contribution is 2.33. The van der Waals surface area contributed by atoms with E-state index in [1.165, 1.54) is 6.07 Å². The van der Waals surface area contributed by atoms with E-state index in [-0.39, 0.29) is 23.3 Å². The maximum Gasteiger partial charge on any atom is 0.256 e. The van der Waals surface area contributed by atoms with Gasteiger partial charge in [-0.25, -0.2) is 4.90 Å². The first kappa shape index (κ1) is 16.6. The van der Waals surface area contributed by atoms with Crippen LogP contribution < -0.4 is 15.0 Å². The number of nitrogens with one attached hydrogen (secondary N) is 1. The van der Waals surface area contributed by atoms with Gasteiger partial charge in [-0.3, -0.25) is 9.59 Å². The minimum atomic E-state index is -0.641. The van der Waals surface area contributed by atoms with E-state index in [0.29, 0.717) is 16.5 Å². The molecular formula is C17H14Cl2N2O3. The normalized spacial score (nSPS) is 17.3. The van der Waals surface area contributed by atoms with Gasteiger partial charge in [0.15, 0.2) is 0 Å². The van der Waals surface area contributed by atoms with E-state index >= 15 is 0 Å². The average Bonchev–Trinajstić information content (AvgIpc) is 2.83. The van der Waals surface area contributed by atoms with Crippen molar-refractivity contribution < 1.29 is 14.3 Å². The highest BCUT2D eigenvalue weighted by atomic mass is 35.5. The summed E-state index contributed by atoms with van der Waals surface area (Å²) in [6.45, 7) is 0. The zero-order valence-corrected chi connectivity index (χ0v) is 14.3. The third-order valence-electron chi connectivity index (χ3n) is 3.73. The van der Waals surface area contributed by atoms with Gasteiger partial charge in [0.2, 0.25) is 5.91 Å². The van der Waals surface area contributed by atoms with Crippen LogP contribution in [0.25, 0.3) is 0 Å². The summed E-state index contributed by atoms with van der Waals surface area (Å²) in [4.78, 5) is 26.0. The fourth-order valence-electron chi connectivity index (χ4n) is 2.55. The summed E-state index contributed by atoms with van der Waals surface area (Å²) < 4.78 is 5.09. The molecule has 1 atom stereocenters. The molecule has 124 valence electrons. The van der Waals surface area contributed by atoms with Crippen molar-refractivity contribution >= 4 is 46.4 Å². The molecule has 5 nitrogen and oxygen atoms in total. The Bertz CT molecular complexity index is 793. The Hall–Kier alpha value is -2.24. The molecule has 0 spiro atoms. The van der Waals surface area contributed by atoms with Gasteiger partial charge >= 0.3 is 0 Å². The number of hydrogen-bond donors (Lipinski definition) is 1. The monoisotopic (exact) mass is 364 g/mol. The number of imide groups is 1. The minimum absolute atomic E-state index is 0.0593. The smallest absolute Gasteiger partial charge is 0.256 e. The molecule has 2 aromatic carbocycles. The van der Waals surface area contributed by atoms with Crippen LogP contribution in [-0.2, 0) is 9.59 Å². The molecule has 1 aliphatic heterocycles. The van der Waals surface area contributed by atoms with Gasteiger partial charge in [-0.2, -0.15) is 0 Å². The molecule has 1 heterocycles. The molecule has 24 heavy (non-hydrogen) atoms. The number of hydrogen-bond acceptors (Lipinski definition) is 4. The summed E-state index contributed by atoms with van der Waals surface area (Å²) in [5.41, 5.74) is 1.07. The van der Waals surface area contributed by atoms with Crippen molar-refractivity contribution in [3.63, 3.8) is 0 Å². The molecule has 1 saturated heterocycles. The number of rotatable bonds is 4. The van der Waals surface area contributed by atoms with Gasteiger partial charge in [0.05, 0.1) is 24.2 Å². The maximum absolute atomic E-state index is 12.6. The number of carbonyl (C=O) groups excluding carboxylic acids is 2. The van der Waals surface area contributed by atoms with Crippen LogP contribution in [0, 0.1) is 0 Å². The summed E-state index contributed by atoms with van der Waals surface area (Å²) in [5.74, 6) is 0.0548. The number of anilines is 2. The van der Waals surface area contributed by atoms with Gasteiger partial charge in [0.25, 0.3) is 5.91 Å². The van der Waals surface area contributed by atoms with Crippen LogP contribution in [0.1, 0.15) is 6.42 Å². The van der Waals surface area contributed by atoms with E-state index < -0.39 is 6.04 Å². The lowest BCUT2D eigenvalue weighted by molar-refractivity contribution is -0.121. The number of ether oxygens (including phenoxy) is 1. The molecule has 0 saturated carbocycles. The Morgan fingerprint density at radius 1 is 1.12 bits per heavy atom. The van der Waals surface area contributed by atoms with Crippen molar-refractivity contribution in [1.29, 1.82) is 0 Å². The van der Waals surface area contributed by atoms with Crippen molar-refractivity contribution in [3.8, 4) is 5.75 Å². The van der Waals surface area contributed by atoms with Gasteiger partial charge in [0.1, 0.15) is 11.8 Å². The largest absolute Gasteiger partial charge is 0.497 e. The SMILES string of the molecule is COc1ccc(NC2CC(=O)N(c3ccc(Cl)cc3Cl)C2=O)cc1. The van der Waals surface area contributed by atoms with Gasteiger partial charge in [0, 0.05) is 10.7 Å². The first-order valence-electron chi connectivity index (χ1n) is 7.22. The summed E-state index contributed by atoms with van der Waals surface area (Å²) in [6, 6.07) is 11.1. The van der Waals surface area contributed by atoms with Crippen molar-refractivity contribution in [2.75, 3.05) is 17.3 Å². The van der Waals surface area contributed by atoms with Gasteiger partial charge < -0.3 is 10.1 Å². The van der Waals surface area contributed by atoms with Gasteiger partial charge in [-0.1, -0.05) is 23.2 Å². The van der Waals surface area contributed by atoms with Crippen LogP contribution in [0.5, 0.6) is 5.75 Å². The molecule has 1 fully saturated rings. The molecule has 0 aliphatic carbocycles. The lowest BCUT2D eigenvalue weighted by atomic mass is 10.2. The third-order valence-corrected chi connectivity index (χ3v) is 4.27. The highest BCUT2D eigenvalue weighted by Gasteiger charge is 2.40. The van der Waals surface area contributed by atoms with E-state index in [9.17, 15) is 9.59 Å². The summed E-state index contributed by atoms with van der Waals surface area (Å²) in [7, 11) is 1.58. The molecule has 3 rings (SSSR count). The minimum Gasteiger partial charge on any atom is -0.497 e. The molecule has 0 bridgehead atoms. The molecule has 2 amide bonds. The third kappa shape index (κ3) is 3.18. The van der Waals surface area contributed by atoms with Crippen molar-refractivity contribution in [1.82, 2.24) is 0 Å². The molecule has 1 N–H and O–H groups in total. The first-order valence-corrected chi connectivity index (χ1v) is 7.97. The molecule has 1 aliphatic rings.